The Hall–Kier alpha value is -4.52. The molecule has 2 saturated carbocycles. The van der Waals surface area contributed by atoms with Gasteiger partial charge in [-0.25, -0.2) is 13.4 Å². The standard InChI is InChI=1S/C42H51N5O7S/c1-26-11-10-20-43-34(26)21-28-12-8-6-5-7-9-13-29-23-42(29,39(50)46-55(51,52)40(3)18-19-40)45-37(48)35-24-41(25-47(35)38(28)49)17-16-31-32-22-30(53-4)14-15-33(32)44-27(2)36(31)54-41/h9-11,13-15,20,22,28-29,35H,5-8,12,16-19,21,23-25H2,1-4H3,(H,45,48)(H,46,50)/b13-9-/t28-,29-,35+,41-,42-/m1/s1. The fourth-order valence-electron chi connectivity index (χ4n) is 8.90. The fraction of sp³-hybridized carbons (Fsp3) is 0.548. The van der Waals surface area contributed by atoms with Crippen LogP contribution in [0.5, 0.6) is 11.5 Å². The molecule has 3 fully saturated rings. The van der Waals surface area contributed by atoms with Gasteiger partial charge in [-0.3, -0.25) is 24.1 Å². The summed E-state index contributed by atoms with van der Waals surface area (Å²) in [4.78, 5) is 54.9. The number of amides is 3. The molecule has 12 nitrogen and oxygen atoms in total. The predicted molar refractivity (Wildman–Crippen MR) is 207 cm³/mol. The highest BCUT2D eigenvalue weighted by atomic mass is 32.2. The van der Waals surface area contributed by atoms with Gasteiger partial charge in [0, 0.05) is 47.5 Å². The minimum atomic E-state index is -3.95. The number of ether oxygens (including phenoxy) is 2. The van der Waals surface area contributed by atoms with Crippen LogP contribution in [0.2, 0.25) is 0 Å². The van der Waals surface area contributed by atoms with Crippen LogP contribution in [0.4, 0.5) is 0 Å². The largest absolute Gasteiger partial charge is 0.497 e. The van der Waals surface area contributed by atoms with Gasteiger partial charge in [-0.05, 0) is 102 Å². The Bertz CT molecular complexity index is 2200. The summed E-state index contributed by atoms with van der Waals surface area (Å²) in [5, 5.41) is 3.97. The van der Waals surface area contributed by atoms with E-state index in [1.807, 2.05) is 56.3 Å². The normalized spacial score (nSPS) is 29.5. The minimum absolute atomic E-state index is 0.141. The highest BCUT2D eigenvalue weighted by molar-refractivity contribution is 7.91. The average Bonchev–Trinajstić information content (AvgIpc) is 4.05. The average molecular weight is 770 g/mol. The van der Waals surface area contributed by atoms with E-state index < -0.39 is 49.7 Å². The first-order chi connectivity index (χ1) is 26.3. The van der Waals surface area contributed by atoms with E-state index >= 15 is 0 Å². The van der Waals surface area contributed by atoms with Crippen molar-refractivity contribution in [1.29, 1.82) is 0 Å². The molecule has 2 N–H and O–H groups in total. The number of nitrogens with one attached hydrogen (secondary N) is 2. The van der Waals surface area contributed by atoms with Gasteiger partial charge >= 0.3 is 0 Å². The van der Waals surface area contributed by atoms with Gasteiger partial charge in [0.25, 0.3) is 5.91 Å². The Labute approximate surface area is 322 Å². The number of benzene rings is 1. The maximum absolute atomic E-state index is 15.0. The summed E-state index contributed by atoms with van der Waals surface area (Å²) in [6, 6.07) is 8.72. The maximum atomic E-state index is 15.0. The molecule has 3 amide bonds. The van der Waals surface area contributed by atoms with E-state index in [2.05, 4.69) is 15.0 Å². The second-order valence-corrected chi connectivity index (χ2v) is 18.9. The van der Waals surface area contributed by atoms with Crippen molar-refractivity contribution in [2.75, 3.05) is 13.7 Å². The number of rotatable bonds is 6. The Morgan fingerprint density at radius 2 is 1.93 bits per heavy atom. The lowest BCUT2D eigenvalue weighted by molar-refractivity contribution is -0.143. The first-order valence-electron chi connectivity index (χ1n) is 19.7. The molecule has 5 heterocycles. The summed E-state index contributed by atoms with van der Waals surface area (Å²) in [5.41, 5.74) is 2.11. The van der Waals surface area contributed by atoms with Gasteiger partial charge in [0.1, 0.15) is 28.7 Å². The molecule has 0 bridgehead atoms. The lowest BCUT2D eigenvalue weighted by Crippen LogP contribution is -2.57. The van der Waals surface area contributed by atoms with E-state index in [4.69, 9.17) is 14.5 Å². The third kappa shape index (κ3) is 6.86. The van der Waals surface area contributed by atoms with Gasteiger partial charge in [-0.1, -0.05) is 31.1 Å². The quantitative estimate of drug-likeness (QED) is 0.323. The topological polar surface area (TPSA) is 157 Å². The number of hydrogen-bond acceptors (Lipinski definition) is 9. The predicted octanol–water partition coefficient (Wildman–Crippen LogP) is 5.17. The zero-order valence-corrected chi connectivity index (χ0v) is 33.0. The number of aromatic nitrogens is 2. The third-order valence-electron chi connectivity index (χ3n) is 12.8. The molecule has 8 rings (SSSR count). The number of hydrogen-bond donors (Lipinski definition) is 2. The monoisotopic (exact) mass is 769 g/mol. The maximum Gasteiger partial charge on any atom is 0.259 e. The summed E-state index contributed by atoms with van der Waals surface area (Å²) >= 11 is 0. The molecule has 0 unspecified atom stereocenters. The van der Waals surface area contributed by atoms with Gasteiger partial charge in [0.15, 0.2) is 0 Å². The summed E-state index contributed by atoms with van der Waals surface area (Å²) in [5.74, 6) is -0.780. The van der Waals surface area contributed by atoms with Crippen molar-refractivity contribution in [2.45, 2.75) is 120 Å². The lowest BCUT2D eigenvalue weighted by Gasteiger charge is -2.36. The van der Waals surface area contributed by atoms with Crippen molar-refractivity contribution in [2.24, 2.45) is 11.8 Å². The van der Waals surface area contributed by atoms with Crippen LogP contribution < -0.4 is 19.5 Å². The number of carbonyl (C=O) groups is 3. The van der Waals surface area contributed by atoms with Crippen LogP contribution >= 0.6 is 0 Å². The molecule has 55 heavy (non-hydrogen) atoms. The minimum Gasteiger partial charge on any atom is -0.497 e. The summed E-state index contributed by atoms with van der Waals surface area (Å²) in [6.45, 7) is 5.73. The number of pyridine rings is 2. The molecule has 13 heteroatoms. The van der Waals surface area contributed by atoms with Crippen molar-refractivity contribution in [3.63, 3.8) is 0 Å². The van der Waals surface area contributed by atoms with Gasteiger partial charge in [0.05, 0.1) is 29.6 Å². The Morgan fingerprint density at radius 1 is 1.11 bits per heavy atom. The van der Waals surface area contributed by atoms with Crippen LogP contribution in [-0.2, 0) is 37.2 Å². The lowest BCUT2D eigenvalue weighted by atomic mass is 9.87. The van der Waals surface area contributed by atoms with Crippen LogP contribution in [0.3, 0.4) is 0 Å². The van der Waals surface area contributed by atoms with E-state index in [0.717, 1.165) is 59.1 Å². The number of allylic oxidation sites excluding steroid dienone is 1. The van der Waals surface area contributed by atoms with Crippen molar-refractivity contribution >= 4 is 38.6 Å². The highest BCUT2D eigenvalue weighted by Gasteiger charge is 2.64. The molecule has 1 aromatic carbocycles. The van der Waals surface area contributed by atoms with Crippen LogP contribution in [0.25, 0.3) is 10.9 Å². The van der Waals surface area contributed by atoms with Gasteiger partial charge in [-0.2, -0.15) is 0 Å². The molecule has 292 valence electrons. The van der Waals surface area contributed by atoms with Crippen molar-refractivity contribution in [3.8, 4) is 11.5 Å². The SMILES string of the molecule is COc1ccc2nc(C)c3c(c2c1)CC[C@]1(C[C@H]2C(=O)N[C@]4(C(=O)NS(=O)(=O)C5(C)CC5)C[C@H]4/C=C\CCCCC[C@H](Cc4ncccc4C)C(=O)N2C1)O3. The molecule has 5 aliphatic rings. The van der Waals surface area contributed by atoms with E-state index in [9.17, 15) is 22.8 Å². The van der Waals surface area contributed by atoms with E-state index in [0.29, 0.717) is 50.0 Å². The van der Waals surface area contributed by atoms with E-state index in [1.54, 1.807) is 25.1 Å². The second-order valence-electron chi connectivity index (χ2n) is 16.7. The molecular weight excluding hydrogens is 719 g/mol. The van der Waals surface area contributed by atoms with Crippen molar-refractivity contribution in [3.05, 3.63) is 71.2 Å². The Balaban J connectivity index is 1.15. The molecule has 3 aliphatic heterocycles. The molecule has 1 saturated heterocycles. The molecule has 5 atom stereocenters. The zero-order chi connectivity index (χ0) is 38.8. The summed E-state index contributed by atoms with van der Waals surface area (Å²) in [6.07, 6.45) is 12.9. The number of fused-ring (bicyclic) bond motifs is 5. The first-order valence-corrected chi connectivity index (χ1v) is 21.2. The molecule has 1 spiro atoms. The summed E-state index contributed by atoms with van der Waals surface area (Å²) in [7, 11) is -2.32. The number of sulfonamides is 1. The number of methoxy groups -OCH3 is 1. The Morgan fingerprint density at radius 3 is 2.69 bits per heavy atom. The zero-order valence-electron chi connectivity index (χ0n) is 32.2. The molecule has 2 aromatic heterocycles. The highest BCUT2D eigenvalue weighted by Crippen LogP contribution is 2.49. The summed E-state index contributed by atoms with van der Waals surface area (Å²) < 4.78 is 40.3. The van der Waals surface area contributed by atoms with Crippen LogP contribution in [-0.4, -0.2) is 76.6 Å². The number of aryl methyl sites for hydroxylation is 3. The Kier molecular flexibility index (Phi) is 9.45. The molecule has 2 aliphatic carbocycles. The van der Waals surface area contributed by atoms with Crippen LogP contribution in [0.15, 0.2) is 48.7 Å². The van der Waals surface area contributed by atoms with Gasteiger partial charge in [-0.15, -0.1) is 0 Å². The van der Waals surface area contributed by atoms with E-state index in [1.165, 1.54) is 0 Å². The smallest absolute Gasteiger partial charge is 0.259 e. The van der Waals surface area contributed by atoms with E-state index in [-0.39, 0.29) is 31.2 Å². The number of nitrogens with zero attached hydrogens (tertiary/aromatic N) is 3. The van der Waals surface area contributed by atoms with Crippen LogP contribution in [0, 0.1) is 25.7 Å². The first kappa shape index (κ1) is 37.4. The second kappa shape index (κ2) is 13.9. The third-order valence-corrected chi connectivity index (χ3v) is 15.0. The van der Waals surface area contributed by atoms with Gasteiger partial charge in [0.2, 0.25) is 21.8 Å². The van der Waals surface area contributed by atoms with Crippen molar-refractivity contribution < 1.29 is 32.3 Å². The molecule has 3 aromatic rings. The fourth-order valence-corrected chi connectivity index (χ4v) is 10.2. The van der Waals surface area contributed by atoms with Gasteiger partial charge < -0.3 is 19.7 Å². The molecule has 0 radical (unpaired) electrons. The van der Waals surface area contributed by atoms with Crippen LogP contribution in [0.1, 0.15) is 93.6 Å². The van der Waals surface area contributed by atoms with Crippen molar-refractivity contribution in [1.82, 2.24) is 24.9 Å². The number of carbonyl (C=O) groups excluding carboxylic acids is 3. The molecular formula is C42H51N5O7S.